The molecule has 0 aromatic rings. The van der Waals surface area contributed by atoms with Gasteiger partial charge >= 0.3 is 0 Å². The Labute approximate surface area is 70.1 Å². The normalized spacial score (nSPS) is 43.9. The first-order chi connectivity index (χ1) is 4.86. The zero-order valence-corrected chi connectivity index (χ0v) is 7.42. The Morgan fingerprint density at radius 3 is 2.90 bits per heavy atom. The van der Waals surface area contributed by atoms with Gasteiger partial charge in [-0.15, -0.1) is 0 Å². The lowest BCUT2D eigenvalue weighted by Crippen LogP contribution is -2.21. The molecule has 2 aliphatic rings. The van der Waals surface area contributed by atoms with Gasteiger partial charge in [-0.05, 0) is 24.7 Å². The third-order valence-electron chi connectivity index (χ3n) is 2.37. The molecule has 1 heteroatoms. The predicted octanol–water partition coefficient (Wildman–Crippen LogP) is 2.90. The quantitative estimate of drug-likeness (QED) is 0.415. The van der Waals surface area contributed by atoms with Crippen molar-refractivity contribution in [3.63, 3.8) is 0 Å². The maximum absolute atomic E-state index is 3.64. The summed E-state index contributed by atoms with van der Waals surface area (Å²) < 4.78 is 0. The van der Waals surface area contributed by atoms with Crippen molar-refractivity contribution in [1.82, 2.24) is 0 Å². The Bertz CT molecular complexity index is 177. The molecule has 3 atom stereocenters. The average molecular weight is 199 g/mol. The number of alkyl halides is 1. The number of allylic oxidation sites excluding steroid dienone is 4. The number of halogens is 1. The standard InChI is InChI=1S/C9H11Br/c10-9-5-4-7-2-1-3-8(9)6-7/h1,3-5,7-9H,2,6H2. The van der Waals surface area contributed by atoms with E-state index in [2.05, 4.69) is 40.2 Å². The molecule has 0 aromatic carbocycles. The lowest BCUT2D eigenvalue weighted by atomic mass is 9.81. The molecule has 0 spiro atoms. The molecule has 2 aliphatic carbocycles. The van der Waals surface area contributed by atoms with Crippen molar-refractivity contribution in [2.24, 2.45) is 11.8 Å². The topological polar surface area (TPSA) is 0 Å². The van der Waals surface area contributed by atoms with E-state index in [0.717, 1.165) is 11.8 Å². The summed E-state index contributed by atoms with van der Waals surface area (Å²) in [6.07, 6.45) is 11.9. The predicted molar refractivity (Wildman–Crippen MR) is 47.2 cm³/mol. The van der Waals surface area contributed by atoms with Crippen molar-refractivity contribution < 1.29 is 0 Å². The van der Waals surface area contributed by atoms with Crippen molar-refractivity contribution in [3.05, 3.63) is 24.3 Å². The molecule has 3 unspecified atom stereocenters. The molecule has 2 bridgehead atoms. The minimum atomic E-state index is 0.597. The lowest BCUT2D eigenvalue weighted by molar-refractivity contribution is 0.452. The second-order valence-corrected chi connectivity index (χ2v) is 4.21. The lowest BCUT2D eigenvalue weighted by Gasteiger charge is -2.29. The van der Waals surface area contributed by atoms with Crippen molar-refractivity contribution >= 4 is 15.9 Å². The highest BCUT2D eigenvalue weighted by molar-refractivity contribution is 9.09. The van der Waals surface area contributed by atoms with E-state index in [1.807, 2.05) is 0 Å². The molecule has 0 saturated heterocycles. The zero-order chi connectivity index (χ0) is 6.97. The van der Waals surface area contributed by atoms with Gasteiger partial charge in [0.15, 0.2) is 0 Å². The summed E-state index contributed by atoms with van der Waals surface area (Å²) in [5, 5.41) is 0. The van der Waals surface area contributed by atoms with Crippen LogP contribution in [0.3, 0.4) is 0 Å². The smallest absolute Gasteiger partial charge is 0.0388 e. The van der Waals surface area contributed by atoms with Gasteiger partial charge < -0.3 is 0 Å². The first kappa shape index (κ1) is 6.66. The largest absolute Gasteiger partial charge is 0.0876 e. The van der Waals surface area contributed by atoms with Crippen LogP contribution in [-0.2, 0) is 0 Å². The molecular formula is C9H11Br. The highest BCUT2D eigenvalue weighted by atomic mass is 79.9. The zero-order valence-electron chi connectivity index (χ0n) is 5.83. The third-order valence-corrected chi connectivity index (χ3v) is 3.36. The maximum Gasteiger partial charge on any atom is 0.0388 e. The minimum absolute atomic E-state index is 0.597. The van der Waals surface area contributed by atoms with Gasteiger partial charge in [-0.3, -0.25) is 0 Å². The molecule has 0 N–H and O–H groups in total. The number of fused-ring (bicyclic) bond motifs is 2. The van der Waals surface area contributed by atoms with Crippen LogP contribution in [0.4, 0.5) is 0 Å². The van der Waals surface area contributed by atoms with Crippen LogP contribution in [0.1, 0.15) is 12.8 Å². The molecule has 10 heavy (non-hydrogen) atoms. The highest BCUT2D eigenvalue weighted by Crippen LogP contribution is 2.34. The summed E-state index contributed by atoms with van der Waals surface area (Å²) in [7, 11) is 0. The van der Waals surface area contributed by atoms with Gasteiger partial charge in [-0.1, -0.05) is 40.2 Å². The minimum Gasteiger partial charge on any atom is -0.0876 e. The number of hydrogen-bond donors (Lipinski definition) is 0. The summed E-state index contributed by atoms with van der Waals surface area (Å²) in [4.78, 5) is 0.597. The van der Waals surface area contributed by atoms with Crippen LogP contribution in [-0.4, -0.2) is 4.83 Å². The van der Waals surface area contributed by atoms with E-state index in [-0.39, 0.29) is 0 Å². The highest BCUT2D eigenvalue weighted by Gasteiger charge is 2.24. The maximum atomic E-state index is 3.64. The van der Waals surface area contributed by atoms with Crippen molar-refractivity contribution in [3.8, 4) is 0 Å². The first-order valence-electron chi connectivity index (χ1n) is 3.85. The van der Waals surface area contributed by atoms with Crippen LogP contribution in [0.25, 0.3) is 0 Å². The van der Waals surface area contributed by atoms with Crippen molar-refractivity contribution in [1.29, 1.82) is 0 Å². The molecular weight excluding hydrogens is 188 g/mol. The summed E-state index contributed by atoms with van der Waals surface area (Å²) in [5.74, 6) is 1.60. The van der Waals surface area contributed by atoms with Crippen LogP contribution < -0.4 is 0 Å². The van der Waals surface area contributed by atoms with Crippen LogP contribution in [0.2, 0.25) is 0 Å². The molecule has 0 heterocycles. The monoisotopic (exact) mass is 198 g/mol. The molecule has 54 valence electrons. The van der Waals surface area contributed by atoms with E-state index in [0.29, 0.717) is 4.83 Å². The summed E-state index contributed by atoms with van der Waals surface area (Å²) in [5.41, 5.74) is 0. The first-order valence-corrected chi connectivity index (χ1v) is 4.77. The molecule has 0 aliphatic heterocycles. The molecule has 0 nitrogen and oxygen atoms in total. The molecule has 0 radical (unpaired) electrons. The van der Waals surface area contributed by atoms with E-state index in [1.54, 1.807) is 0 Å². The van der Waals surface area contributed by atoms with Crippen molar-refractivity contribution in [2.75, 3.05) is 0 Å². The fraction of sp³-hybridized carbons (Fsp3) is 0.556. The van der Waals surface area contributed by atoms with Crippen LogP contribution in [0.5, 0.6) is 0 Å². The summed E-state index contributed by atoms with van der Waals surface area (Å²) in [6, 6.07) is 0. The van der Waals surface area contributed by atoms with Gasteiger partial charge in [-0.25, -0.2) is 0 Å². The van der Waals surface area contributed by atoms with E-state index in [9.17, 15) is 0 Å². The van der Waals surface area contributed by atoms with Gasteiger partial charge in [-0.2, -0.15) is 0 Å². The van der Waals surface area contributed by atoms with Crippen LogP contribution >= 0.6 is 15.9 Å². The molecule has 0 aromatic heterocycles. The van der Waals surface area contributed by atoms with Crippen LogP contribution in [0, 0.1) is 11.8 Å². The van der Waals surface area contributed by atoms with E-state index in [4.69, 9.17) is 0 Å². The van der Waals surface area contributed by atoms with E-state index in [1.165, 1.54) is 12.8 Å². The van der Waals surface area contributed by atoms with Gasteiger partial charge in [0.1, 0.15) is 0 Å². The Hall–Kier alpha value is -0.0400. The second-order valence-electron chi connectivity index (χ2n) is 3.15. The molecule has 0 amide bonds. The molecule has 0 fully saturated rings. The van der Waals surface area contributed by atoms with Crippen molar-refractivity contribution in [2.45, 2.75) is 17.7 Å². The fourth-order valence-electron chi connectivity index (χ4n) is 1.75. The second kappa shape index (κ2) is 2.54. The Morgan fingerprint density at radius 2 is 2.10 bits per heavy atom. The SMILES string of the molecule is BrC1C=CC2CC=CC1C2. The summed E-state index contributed by atoms with van der Waals surface area (Å²) >= 11 is 3.64. The average Bonchev–Trinajstić information content (AvgIpc) is 1.99. The van der Waals surface area contributed by atoms with Gasteiger partial charge in [0, 0.05) is 4.83 Å². The third kappa shape index (κ3) is 1.07. The Balaban J connectivity index is 2.22. The summed E-state index contributed by atoms with van der Waals surface area (Å²) in [6.45, 7) is 0. The molecule has 2 rings (SSSR count). The van der Waals surface area contributed by atoms with Gasteiger partial charge in [0.2, 0.25) is 0 Å². The van der Waals surface area contributed by atoms with Crippen LogP contribution in [0.15, 0.2) is 24.3 Å². The molecule has 0 saturated carbocycles. The Morgan fingerprint density at radius 1 is 1.20 bits per heavy atom. The fourth-order valence-corrected chi connectivity index (χ4v) is 2.32. The Kier molecular flexibility index (Phi) is 1.69. The number of rotatable bonds is 0. The number of hydrogen-bond acceptors (Lipinski definition) is 0. The van der Waals surface area contributed by atoms with Gasteiger partial charge in [0.05, 0.1) is 0 Å². The van der Waals surface area contributed by atoms with E-state index >= 15 is 0 Å². The van der Waals surface area contributed by atoms with Gasteiger partial charge in [0.25, 0.3) is 0 Å². The van der Waals surface area contributed by atoms with E-state index < -0.39 is 0 Å².